The van der Waals surface area contributed by atoms with Gasteiger partial charge in [0.15, 0.2) is 0 Å². The van der Waals surface area contributed by atoms with Crippen LogP contribution in [0.3, 0.4) is 0 Å². The zero-order valence-corrected chi connectivity index (χ0v) is 10.3. The van der Waals surface area contributed by atoms with Crippen molar-refractivity contribution in [2.45, 2.75) is 19.9 Å². The molecule has 3 heteroatoms. The van der Waals surface area contributed by atoms with Crippen LogP contribution in [0.25, 0.3) is 0 Å². The summed E-state index contributed by atoms with van der Waals surface area (Å²) >= 11 is 1.72. The highest BCUT2D eigenvalue weighted by molar-refractivity contribution is 7.10. The predicted molar refractivity (Wildman–Crippen MR) is 69.4 cm³/mol. The van der Waals surface area contributed by atoms with E-state index in [0.717, 1.165) is 0 Å². The van der Waals surface area contributed by atoms with Crippen LogP contribution in [0.2, 0.25) is 0 Å². The van der Waals surface area contributed by atoms with Gasteiger partial charge in [0.25, 0.3) is 0 Å². The summed E-state index contributed by atoms with van der Waals surface area (Å²) in [6.07, 6.45) is 0. The lowest BCUT2D eigenvalue weighted by Gasteiger charge is -2.16. The van der Waals surface area contributed by atoms with Crippen molar-refractivity contribution in [2.75, 3.05) is 0 Å². The molecule has 0 bridgehead atoms. The van der Waals surface area contributed by atoms with Gasteiger partial charge >= 0.3 is 0 Å². The molecular formula is C13H16N2S. The number of rotatable bonds is 3. The molecule has 1 atom stereocenters. The number of thiophene rings is 1. The van der Waals surface area contributed by atoms with Gasteiger partial charge in [0.05, 0.1) is 6.04 Å². The smallest absolute Gasteiger partial charge is 0.0802 e. The Morgan fingerprint density at radius 2 is 2.00 bits per heavy atom. The fourth-order valence-electron chi connectivity index (χ4n) is 1.74. The minimum Gasteiger partial charge on any atom is -0.271 e. The van der Waals surface area contributed by atoms with E-state index in [-0.39, 0.29) is 6.04 Å². The molecule has 0 saturated carbocycles. The molecular weight excluding hydrogens is 216 g/mol. The summed E-state index contributed by atoms with van der Waals surface area (Å²) in [5.41, 5.74) is 6.70. The quantitative estimate of drug-likeness (QED) is 0.631. The number of nitrogens with two attached hydrogens (primary N) is 1. The van der Waals surface area contributed by atoms with E-state index in [1.54, 1.807) is 11.3 Å². The second kappa shape index (κ2) is 4.78. The molecule has 2 rings (SSSR count). The molecule has 0 fully saturated rings. The van der Waals surface area contributed by atoms with Crippen molar-refractivity contribution in [3.8, 4) is 0 Å². The van der Waals surface area contributed by atoms with Crippen molar-refractivity contribution in [1.82, 2.24) is 5.43 Å². The van der Waals surface area contributed by atoms with Gasteiger partial charge in [0, 0.05) is 4.88 Å². The summed E-state index contributed by atoms with van der Waals surface area (Å²) in [5.74, 6) is 5.64. The summed E-state index contributed by atoms with van der Waals surface area (Å²) in [7, 11) is 0. The molecule has 16 heavy (non-hydrogen) atoms. The molecule has 0 aliphatic rings. The third kappa shape index (κ3) is 2.16. The normalized spacial score (nSPS) is 12.7. The highest BCUT2D eigenvalue weighted by Gasteiger charge is 2.13. The second-order valence-corrected chi connectivity index (χ2v) is 4.94. The first-order valence-electron chi connectivity index (χ1n) is 5.29. The van der Waals surface area contributed by atoms with Gasteiger partial charge in [-0.1, -0.05) is 24.3 Å². The number of hydrogen-bond acceptors (Lipinski definition) is 3. The van der Waals surface area contributed by atoms with E-state index in [1.165, 1.54) is 21.6 Å². The fraction of sp³-hybridized carbons (Fsp3) is 0.231. The maximum absolute atomic E-state index is 5.64. The predicted octanol–water partition coefficient (Wildman–Crippen LogP) is 2.92. The molecule has 2 nitrogen and oxygen atoms in total. The van der Waals surface area contributed by atoms with Crippen LogP contribution in [0.4, 0.5) is 0 Å². The van der Waals surface area contributed by atoms with Crippen LogP contribution in [-0.2, 0) is 0 Å². The van der Waals surface area contributed by atoms with Crippen molar-refractivity contribution in [3.05, 3.63) is 57.3 Å². The maximum atomic E-state index is 5.64. The molecule has 1 aromatic heterocycles. The Morgan fingerprint density at radius 3 is 2.56 bits per heavy atom. The number of nitrogens with one attached hydrogen (secondary N) is 1. The Morgan fingerprint density at radius 1 is 1.19 bits per heavy atom. The summed E-state index contributed by atoms with van der Waals surface area (Å²) < 4.78 is 0. The van der Waals surface area contributed by atoms with Gasteiger partial charge in [-0.15, -0.1) is 11.3 Å². The number of aryl methyl sites for hydroxylation is 2. The van der Waals surface area contributed by atoms with Gasteiger partial charge in [-0.3, -0.25) is 5.84 Å². The summed E-state index contributed by atoms with van der Waals surface area (Å²) in [5, 5.41) is 2.07. The lowest BCUT2D eigenvalue weighted by atomic mass is 10.0. The third-order valence-electron chi connectivity index (χ3n) is 2.86. The third-order valence-corrected chi connectivity index (χ3v) is 3.80. The van der Waals surface area contributed by atoms with E-state index in [1.807, 2.05) is 6.07 Å². The zero-order valence-electron chi connectivity index (χ0n) is 9.53. The first-order chi connectivity index (χ1) is 7.72. The fourth-order valence-corrected chi connectivity index (χ4v) is 2.55. The molecule has 3 N–H and O–H groups in total. The van der Waals surface area contributed by atoms with E-state index < -0.39 is 0 Å². The highest BCUT2D eigenvalue weighted by Crippen LogP contribution is 2.26. The highest BCUT2D eigenvalue weighted by atomic mass is 32.1. The molecule has 1 heterocycles. The largest absolute Gasteiger partial charge is 0.271 e. The Balaban J connectivity index is 2.37. The van der Waals surface area contributed by atoms with Gasteiger partial charge in [-0.2, -0.15) is 0 Å². The zero-order chi connectivity index (χ0) is 11.5. The van der Waals surface area contributed by atoms with Crippen LogP contribution in [0.5, 0.6) is 0 Å². The van der Waals surface area contributed by atoms with Gasteiger partial charge in [-0.25, -0.2) is 5.43 Å². The molecule has 2 aromatic rings. The van der Waals surface area contributed by atoms with Crippen LogP contribution in [0, 0.1) is 13.8 Å². The number of benzene rings is 1. The van der Waals surface area contributed by atoms with Gasteiger partial charge in [0.2, 0.25) is 0 Å². The molecule has 0 spiro atoms. The van der Waals surface area contributed by atoms with E-state index in [0.29, 0.717) is 0 Å². The van der Waals surface area contributed by atoms with E-state index >= 15 is 0 Å². The van der Waals surface area contributed by atoms with Gasteiger partial charge < -0.3 is 0 Å². The SMILES string of the molecule is Cc1ccc(C(NN)c2cccs2)cc1C. The Bertz CT molecular complexity index is 463. The lowest BCUT2D eigenvalue weighted by Crippen LogP contribution is -2.28. The Kier molecular flexibility index (Phi) is 3.39. The van der Waals surface area contributed by atoms with Crippen LogP contribution >= 0.6 is 11.3 Å². The van der Waals surface area contributed by atoms with Crippen LogP contribution in [0.1, 0.15) is 27.6 Å². The van der Waals surface area contributed by atoms with Crippen LogP contribution in [0.15, 0.2) is 35.7 Å². The Hall–Kier alpha value is -1.16. The Labute approximate surface area is 100 Å². The molecule has 0 aliphatic heterocycles. The van der Waals surface area contributed by atoms with Crippen molar-refractivity contribution in [1.29, 1.82) is 0 Å². The molecule has 0 radical (unpaired) electrons. The standard InChI is InChI=1S/C13H16N2S/c1-9-5-6-11(8-10(9)2)13(15-14)12-4-3-7-16-12/h3-8,13,15H,14H2,1-2H3. The molecule has 1 unspecified atom stereocenters. The average molecular weight is 232 g/mol. The number of hydrogen-bond donors (Lipinski definition) is 2. The van der Waals surface area contributed by atoms with E-state index in [9.17, 15) is 0 Å². The van der Waals surface area contributed by atoms with Crippen molar-refractivity contribution in [3.63, 3.8) is 0 Å². The average Bonchev–Trinajstić information content (AvgIpc) is 2.78. The molecule has 84 valence electrons. The van der Waals surface area contributed by atoms with Gasteiger partial charge in [0.1, 0.15) is 0 Å². The van der Waals surface area contributed by atoms with Gasteiger partial charge in [-0.05, 0) is 42.0 Å². The number of hydrazine groups is 1. The summed E-state index contributed by atoms with van der Waals surface area (Å²) in [6.45, 7) is 4.25. The monoisotopic (exact) mass is 232 g/mol. The molecule has 1 aromatic carbocycles. The van der Waals surface area contributed by atoms with E-state index in [4.69, 9.17) is 5.84 Å². The lowest BCUT2D eigenvalue weighted by molar-refractivity contribution is 0.646. The minimum atomic E-state index is 0.0966. The maximum Gasteiger partial charge on any atom is 0.0802 e. The summed E-state index contributed by atoms with van der Waals surface area (Å²) in [4.78, 5) is 1.24. The first-order valence-corrected chi connectivity index (χ1v) is 6.17. The first kappa shape index (κ1) is 11.3. The second-order valence-electron chi connectivity index (χ2n) is 3.96. The molecule has 0 amide bonds. The van der Waals surface area contributed by atoms with Crippen molar-refractivity contribution >= 4 is 11.3 Å². The topological polar surface area (TPSA) is 38.0 Å². The molecule has 0 aliphatic carbocycles. The van der Waals surface area contributed by atoms with Crippen LogP contribution in [-0.4, -0.2) is 0 Å². The van der Waals surface area contributed by atoms with E-state index in [2.05, 4.69) is 48.9 Å². The summed E-state index contributed by atoms with van der Waals surface area (Å²) in [6, 6.07) is 10.7. The van der Waals surface area contributed by atoms with Crippen molar-refractivity contribution < 1.29 is 0 Å². The van der Waals surface area contributed by atoms with Crippen molar-refractivity contribution in [2.24, 2.45) is 5.84 Å². The minimum absolute atomic E-state index is 0.0966. The van der Waals surface area contributed by atoms with Crippen LogP contribution < -0.4 is 11.3 Å². The molecule has 0 saturated heterocycles.